The Morgan fingerprint density at radius 1 is 1.56 bits per heavy atom. The normalized spacial score (nSPS) is 13.6. The van der Waals surface area contributed by atoms with Crippen LogP contribution in [-0.2, 0) is 0 Å². The number of nitrogens with two attached hydrogens (primary N) is 1. The number of oxime groups is 1. The minimum absolute atomic E-state index is 0.0305. The summed E-state index contributed by atoms with van der Waals surface area (Å²) in [5, 5.41) is 14.4. The third-order valence-electron chi connectivity index (χ3n) is 2.10. The lowest BCUT2D eigenvalue weighted by Crippen LogP contribution is -2.24. The number of nitrogens with zero attached hydrogens (tertiary/aromatic N) is 1. The van der Waals surface area contributed by atoms with Crippen LogP contribution in [0.25, 0.3) is 0 Å². The predicted molar refractivity (Wildman–Crippen MR) is 62.2 cm³/mol. The lowest BCUT2D eigenvalue weighted by molar-refractivity contribution is 0.316. The molecule has 1 aromatic rings. The first-order valence-electron chi connectivity index (χ1n) is 5.01. The molecule has 0 aliphatic heterocycles. The van der Waals surface area contributed by atoms with Gasteiger partial charge in [0.1, 0.15) is 11.7 Å². The van der Waals surface area contributed by atoms with Gasteiger partial charge >= 0.3 is 0 Å². The Morgan fingerprint density at radius 3 is 2.81 bits per heavy atom. The van der Waals surface area contributed by atoms with Crippen LogP contribution in [0.5, 0.6) is 0 Å². The second kappa shape index (κ2) is 5.34. The maximum atomic E-state index is 13.1. The first-order valence-corrected chi connectivity index (χ1v) is 5.01. The number of benzene rings is 1. The molecule has 0 bridgehead atoms. The van der Waals surface area contributed by atoms with Crippen LogP contribution in [0.15, 0.2) is 23.4 Å². The number of anilines is 1. The Balaban J connectivity index is 2.65. The summed E-state index contributed by atoms with van der Waals surface area (Å²) >= 11 is 0. The molecule has 0 aromatic heterocycles. The number of aryl methyl sites for hydroxylation is 1. The molecule has 0 aliphatic carbocycles. The van der Waals surface area contributed by atoms with Gasteiger partial charge in [-0.25, -0.2) is 4.39 Å². The van der Waals surface area contributed by atoms with E-state index in [0.717, 1.165) is 5.56 Å². The van der Waals surface area contributed by atoms with Crippen LogP contribution in [0.4, 0.5) is 10.1 Å². The Kier molecular flexibility index (Phi) is 4.10. The number of halogens is 1. The summed E-state index contributed by atoms with van der Waals surface area (Å²) in [4.78, 5) is 0. The minimum atomic E-state index is -0.279. The van der Waals surface area contributed by atoms with Gasteiger partial charge in [-0.1, -0.05) is 5.16 Å². The third kappa shape index (κ3) is 3.76. The van der Waals surface area contributed by atoms with Crippen molar-refractivity contribution in [3.8, 4) is 0 Å². The Bertz CT molecular complexity index is 373. The zero-order valence-electron chi connectivity index (χ0n) is 9.37. The molecule has 0 saturated heterocycles. The van der Waals surface area contributed by atoms with Crippen molar-refractivity contribution < 1.29 is 9.60 Å². The highest BCUT2D eigenvalue weighted by atomic mass is 19.1. The maximum Gasteiger partial charge on any atom is 0.141 e. The Labute approximate surface area is 94.0 Å². The molecule has 16 heavy (non-hydrogen) atoms. The van der Waals surface area contributed by atoms with Crippen LogP contribution < -0.4 is 11.1 Å². The van der Waals surface area contributed by atoms with Gasteiger partial charge in [0.2, 0.25) is 0 Å². The molecule has 5 heteroatoms. The fraction of sp³-hybridized carbons (Fsp3) is 0.364. The van der Waals surface area contributed by atoms with E-state index in [0.29, 0.717) is 12.1 Å². The van der Waals surface area contributed by atoms with Crippen LogP contribution >= 0.6 is 0 Å². The van der Waals surface area contributed by atoms with Gasteiger partial charge in [-0.15, -0.1) is 0 Å². The van der Waals surface area contributed by atoms with E-state index in [1.807, 2.05) is 19.9 Å². The van der Waals surface area contributed by atoms with Crippen LogP contribution in [0, 0.1) is 12.7 Å². The van der Waals surface area contributed by atoms with Crippen molar-refractivity contribution in [1.29, 1.82) is 0 Å². The zero-order chi connectivity index (χ0) is 12.1. The number of nitrogens with one attached hydrogen (secondary N) is 1. The topological polar surface area (TPSA) is 70.6 Å². The van der Waals surface area contributed by atoms with Gasteiger partial charge in [0.15, 0.2) is 0 Å². The Hall–Kier alpha value is -1.78. The number of hydrogen-bond donors (Lipinski definition) is 3. The van der Waals surface area contributed by atoms with Gasteiger partial charge < -0.3 is 16.3 Å². The van der Waals surface area contributed by atoms with E-state index < -0.39 is 0 Å². The molecule has 88 valence electrons. The average Bonchev–Trinajstić information content (AvgIpc) is 2.15. The summed E-state index contributed by atoms with van der Waals surface area (Å²) < 4.78 is 13.1. The fourth-order valence-electron chi connectivity index (χ4n) is 1.51. The number of hydrogen-bond acceptors (Lipinski definition) is 3. The molecule has 4 N–H and O–H groups in total. The Morgan fingerprint density at radius 2 is 2.25 bits per heavy atom. The van der Waals surface area contributed by atoms with E-state index in [9.17, 15) is 4.39 Å². The van der Waals surface area contributed by atoms with Crippen molar-refractivity contribution in [2.24, 2.45) is 10.9 Å². The second-order valence-corrected chi connectivity index (χ2v) is 3.86. The van der Waals surface area contributed by atoms with Gasteiger partial charge in [-0.05, 0) is 37.6 Å². The smallest absolute Gasteiger partial charge is 0.141 e. The van der Waals surface area contributed by atoms with Crippen molar-refractivity contribution in [1.82, 2.24) is 0 Å². The molecule has 0 radical (unpaired) electrons. The van der Waals surface area contributed by atoms with E-state index in [1.165, 1.54) is 12.1 Å². The monoisotopic (exact) mass is 225 g/mol. The summed E-state index contributed by atoms with van der Waals surface area (Å²) in [5.41, 5.74) is 6.91. The molecule has 1 rings (SSSR count). The van der Waals surface area contributed by atoms with Crippen LogP contribution in [0.1, 0.15) is 18.9 Å². The average molecular weight is 225 g/mol. The lowest BCUT2D eigenvalue weighted by atomic mass is 10.1. The van der Waals surface area contributed by atoms with Gasteiger partial charge in [-0.3, -0.25) is 0 Å². The highest BCUT2D eigenvalue weighted by molar-refractivity contribution is 5.80. The predicted octanol–water partition coefficient (Wildman–Crippen LogP) is 2.07. The zero-order valence-corrected chi connectivity index (χ0v) is 9.37. The van der Waals surface area contributed by atoms with E-state index in [4.69, 9.17) is 10.9 Å². The van der Waals surface area contributed by atoms with E-state index in [-0.39, 0.29) is 17.7 Å². The maximum absolute atomic E-state index is 13.1. The second-order valence-electron chi connectivity index (χ2n) is 3.86. The molecule has 0 aliphatic rings. The van der Waals surface area contributed by atoms with E-state index in [2.05, 4.69) is 10.5 Å². The largest absolute Gasteiger partial charge is 0.409 e. The van der Waals surface area contributed by atoms with Crippen LogP contribution in [0.2, 0.25) is 0 Å². The summed E-state index contributed by atoms with van der Waals surface area (Å²) in [6.45, 7) is 3.70. The van der Waals surface area contributed by atoms with Crippen molar-refractivity contribution in [3.05, 3.63) is 29.6 Å². The third-order valence-corrected chi connectivity index (χ3v) is 2.10. The molecule has 1 aromatic carbocycles. The quantitative estimate of drug-likeness (QED) is 0.318. The fourth-order valence-corrected chi connectivity index (χ4v) is 1.51. The molecular weight excluding hydrogens is 209 g/mol. The van der Waals surface area contributed by atoms with Gasteiger partial charge in [0, 0.05) is 18.2 Å². The summed E-state index contributed by atoms with van der Waals surface area (Å²) in [6, 6.07) is 4.68. The molecular formula is C11H16FN3O. The SMILES string of the molecule is Cc1cc(F)cc(NC(C)CC(N)=NO)c1. The molecule has 0 spiro atoms. The van der Waals surface area contributed by atoms with Gasteiger partial charge in [-0.2, -0.15) is 0 Å². The first-order chi connectivity index (χ1) is 7.51. The van der Waals surface area contributed by atoms with Gasteiger partial charge in [0.05, 0.1) is 0 Å². The van der Waals surface area contributed by atoms with Crippen molar-refractivity contribution in [3.63, 3.8) is 0 Å². The molecule has 4 nitrogen and oxygen atoms in total. The van der Waals surface area contributed by atoms with Gasteiger partial charge in [0.25, 0.3) is 0 Å². The highest BCUT2D eigenvalue weighted by Crippen LogP contribution is 2.14. The molecule has 0 saturated carbocycles. The van der Waals surface area contributed by atoms with E-state index >= 15 is 0 Å². The highest BCUT2D eigenvalue weighted by Gasteiger charge is 2.06. The lowest BCUT2D eigenvalue weighted by Gasteiger charge is -2.14. The van der Waals surface area contributed by atoms with Crippen molar-refractivity contribution in [2.45, 2.75) is 26.3 Å². The number of rotatable bonds is 4. The standard InChI is InChI=1S/C11H16FN3O/c1-7-3-9(12)6-10(4-7)14-8(2)5-11(13)15-16/h3-4,6,8,14,16H,5H2,1-2H3,(H2,13,15). The van der Waals surface area contributed by atoms with Crippen molar-refractivity contribution in [2.75, 3.05) is 5.32 Å². The summed E-state index contributed by atoms with van der Waals surface area (Å²) in [7, 11) is 0. The van der Waals surface area contributed by atoms with Crippen LogP contribution in [-0.4, -0.2) is 17.1 Å². The number of amidine groups is 1. The summed E-state index contributed by atoms with van der Waals surface area (Å²) in [6.07, 6.45) is 0.395. The molecule has 0 fully saturated rings. The molecule has 1 atom stereocenters. The molecule has 1 unspecified atom stereocenters. The first kappa shape index (κ1) is 12.3. The summed E-state index contributed by atoms with van der Waals surface area (Å²) in [5.74, 6) is -0.133. The minimum Gasteiger partial charge on any atom is -0.409 e. The molecule has 0 heterocycles. The van der Waals surface area contributed by atoms with Crippen LogP contribution in [0.3, 0.4) is 0 Å². The molecule has 0 amide bonds. The van der Waals surface area contributed by atoms with Crippen molar-refractivity contribution >= 4 is 11.5 Å². The van der Waals surface area contributed by atoms with E-state index in [1.54, 1.807) is 0 Å².